The Morgan fingerprint density at radius 1 is 1.29 bits per heavy atom. The number of hydrogen-bond donors (Lipinski definition) is 1. The average Bonchev–Trinajstić information content (AvgIpc) is 2.47. The predicted molar refractivity (Wildman–Crippen MR) is 87.1 cm³/mol. The van der Waals surface area contributed by atoms with Crippen molar-refractivity contribution in [3.63, 3.8) is 0 Å². The van der Waals surface area contributed by atoms with E-state index in [9.17, 15) is 4.79 Å². The molecule has 4 heteroatoms. The quantitative estimate of drug-likeness (QED) is 0.734. The van der Waals surface area contributed by atoms with Crippen LogP contribution in [0, 0.1) is 5.41 Å². The molecule has 0 aromatic rings. The molecule has 4 nitrogen and oxygen atoms in total. The van der Waals surface area contributed by atoms with Gasteiger partial charge in [-0.05, 0) is 58.5 Å². The molecule has 0 saturated carbocycles. The van der Waals surface area contributed by atoms with Gasteiger partial charge in [-0.3, -0.25) is 4.79 Å². The van der Waals surface area contributed by atoms with Crippen LogP contribution in [0.5, 0.6) is 0 Å². The molecule has 0 spiro atoms. The summed E-state index contributed by atoms with van der Waals surface area (Å²) in [5.74, 6) is -0.287. The second-order valence-electron chi connectivity index (χ2n) is 6.93. The maximum absolute atomic E-state index is 11.9. The van der Waals surface area contributed by atoms with Crippen LogP contribution in [-0.4, -0.2) is 42.1 Å². The number of nitrogens with zero attached hydrogens (tertiary/aromatic N) is 1. The van der Waals surface area contributed by atoms with Crippen molar-refractivity contribution in [2.45, 2.75) is 78.3 Å². The Bertz CT molecular complexity index is 328. The van der Waals surface area contributed by atoms with E-state index in [1.165, 1.54) is 25.7 Å². The van der Waals surface area contributed by atoms with Gasteiger partial charge in [0.05, 0.1) is 6.61 Å². The number of carbonyl (C=O) groups is 1. The molecule has 1 fully saturated rings. The minimum Gasteiger partial charge on any atom is -0.465 e. The lowest BCUT2D eigenvalue weighted by Crippen LogP contribution is -2.52. The smallest absolute Gasteiger partial charge is 0.325 e. The van der Waals surface area contributed by atoms with Gasteiger partial charge in [0.1, 0.15) is 5.54 Å². The molecule has 0 aromatic heterocycles. The Morgan fingerprint density at radius 2 is 1.81 bits per heavy atom. The van der Waals surface area contributed by atoms with Crippen LogP contribution in [0.25, 0.3) is 0 Å². The first kappa shape index (κ1) is 18.4. The molecule has 0 bridgehead atoms. The third kappa shape index (κ3) is 4.68. The summed E-state index contributed by atoms with van der Waals surface area (Å²) in [6.45, 7) is 13.0. The number of carbonyl (C=O) groups excluding carboxylic acids is 1. The van der Waals surface area contributed by atoms with Crippen LogP contribution in [0.2, 0.25) is 0 Å². The van der Waals surface area contributed by atoms with Crippen LogP contribution in [0.4, 0.5) is 0 Å². The highest BCUT2D eigenvalue weighted by Crippen LogP contribution is 2.38. The fourth-order valence-electron chi connectivity index (χ4n) is 3.52. The molecule has 0 aromatic carbocycles. The van der Waals surface area contributed by atoms with Crippen molar-refractivity contribution in [1.82, 2.24) is 4.90 Å². The minimum atomic E-state index is -0.889. The van der Waals surface area contributed by atoms with E-state index in [1.807, 2.05) is 6.92 Å². The highest BCUT2D eigenvalue weighted by atomic mass is 16.5. The largest absolute Gasteiger partial charge is 0.465 e. The van der Waals surface area contributed by atoms with Crippen molar-refractivity contribution < 1.29 is 9.53 Å². The van der Waals surface area contributed by atoms with Gasteiger partial charge in [0.25, 0.3) is 0 Å². The van der Waals surface area contributed by atoms with E-state index < -0.39 is 5.54 Å². The summed E-state index contributed by atoms with van der Waals surface area (Å²) in [5, 5.41) is 0. The van der Waals surface area contributed by atoms with E-state index >= 15 is 0 Å². The average molecular weight is 298 g/mol. The van der Waals surface area contributed by atoms with Gasteiger partial charge < -0.3 is 15.4 Å². The Balaban J connectivity index is 2.54. The number of rotatable bonds is 7. The number of nitrogens with two attached hydrogens (primary N) is 1. The standard InChI is InChI=1S/C17H34N2O2/c1-6-17(7-2)9-11-19(12-10-17)14(4)13-16(5,18)15(20)21-8-3/h14H,6-13,18H2,1-5H3. The van der Waals surface area contributed by atoms with Crippen LogP contribution in [0.3, 0.4) is 0 Å². The molecular weight excluding hydrogens is 264 g/mol. The van der Waals surface area contributed by atoms with Crippen molar-refractivity contribution in [2.24, 2.45) is 11.1 Å². The van der Waals surface area contributed by atoms with Crippen LogP contribution < -0.4 is 5.73 Å². The molecule has 0 aliphatic carbocycles. The number of esters is 1. The number of likely N-dealkylation sites (tertiary alicyclic amines) is 1. The molecule has 1 saturated heterocycles. The lowest BCUT2D eigenvalue weighted by Gasteiger charge is -2.44. The molecule has 1 aliphatic heterocycles. The van der Waals surface area contributed by atoms with Gasteiger partial charge in [-0.2, -0.15) is 0 Å². The molecule has 2 N–H and O–H groups in total. The van der Waals surface area contributed by atoms with Crippen molar-refractivity contribution in [2.75, 3.05) is 19.7 Å². The summed E-state index contributed by atoms with van der Waals surface area (Å²) < 4.78 is 5.08. The van der Waals surface area contributed by atoms with Gasteiger partial charge >= 0.3 is 5.97 Å². The lowest BCUT2D eigenvalue weighted by molar-refractivity contribution is -0.149. The van der Waals surface area contributed by atoms with Crippen molar-refractivity contribution in [3.8, 4) is 0 Å². The Kier molecular flexibility index (Phi) is 6.67. The second-order valence-corrected chi connectivity index (χ2v) is 6.93. The van der Waals surface area contributed by atoms with Crippen LogP contribution in [0.15, 0.2) is 0 Å². The second kappa shape index (κ2) is 7.59. The van der Waals surface area contributed by atoms with Gasteiger partial charge in [-0.15, -0.1) is 0 Å². The normalized spacial score (nSPS) is 23.3. The van der Waals surface area contributed by atoms with Gasteiger partial charge in [0, 0.05) is 6.04 Å². The zero-order chi connectivity index (χ0) is 16.1. The molecule has 21 heavy (non-hydrogen) atoms. The number of piperidine rings is 1. The third-order valence-corrected chi connectivity index (χ3v) is 5.44. The summed E-state index contributed by atoms with van der Waals surface area (Å²) in [6, 6.07) is 0.316. The summed E-state index contributed by atoms with van der Waals surface area (Å²) in [7, 11) is 0. The van der Waals surface area contributed by atoms with Crippen molar-refractivity contribution >= 4 is 5.97 Å². The maximum atomic E-state index is 11.9. The fraction of sp³-hybridized carbons (Fsp3) is 0.941. The Hall–Kier alpha value is -0.610. The molecule has 2 unspecified atom stereocenters. The summed E-state index contributed by atoms with van der Waals surface area (Å²) in [6.07, 6.45) is 5.69. The van der Waals surface area contributed by atoms with E-state index in [0.29, 0.717) is 24.5 Å². The van der Waals surface area contributed by atoms with Crippen LogP contribution >= 0.6 is 0 Å². The third-order valence-electron chi connectivity index (χ3n) is 5.44. The van der Waals surface area contributed by atoms with E-state index in [2.05, 4.69) is 25.7 Å². The Morgan fingerprint density at radius 3 is 2.24 bits per heavy atom. The van der Waals surface area contributed by atoms with E-state index in [-0.39, 0.29) is 5.97 Å². The Labute approximate surface area is 130 Å². The van der Waals surface area contributed by atoms with Gasteiger partial charge in [0.2, 0.25) is 0 Å². The van der Waals surface area contributed by atoms with Crippen LogP contribution in [-0.2, 0) is 9.53 Å². The van der Waals surface area contributed by atoms with Gasteiger partial charge in [0.15, 0.2) is 0 Å². The highest BCUT2D eigenvalue weighted by Gasteiger charge is 2.37. The first-order valence-corrected chi connectivity index (χ1v) is 8.50. The molecule has 1 heterocycles. The molecule has 0 radical (unpaired) electrons. The number of ether oxygens (including phenoxy) is 1. The first-order chi connectivity index (χ1) is 9.80. The van der Waals surface area contributed by atoms with E-state index in [4.69, 9.17) is 10.5 Å². The first-order valence-electron chi connectivity index (χ1n) is 8.50. The van der Waals surface area contributed by atoms with E-state index in [0.717, 1.165) is 13.1 Å². The minimum absolute atomic E-state index is 0.287. The van der Waals surface area contributed by atoms with Crippen molar-refractivity contribution in [1.29, 1.82) is 0 Å². The fourth-order valence-corrected chi connectivity index (χ4v) is 3.52. The zero-order valence-corrected chi connectivity index (χ0v) is 14.6. The zero-order valence-electron chi connectivity index (χ0n) is 14.6. The number of hydrogen-bond acceptors (Lipinski definition) is 4. The summed E-state index contributed by atoms with van der Waals surface area (Å²) >= 11 is 0. The molecular formula is C17H34N2O2. The SMILES string of the molecule is CCOC(=O)C(C)(N)CC(C)N1CCC(CC)(CC)CC1. The highest BCUT2D eigenvalue weighted by molar-refractivity contribution is 5.80. The molecule has 1 aliphatic rings. The monoisotopic (exact) mass is 298 g/mol. The predicted octanol–water partition coefficient (Wildman–Crippen LogP) is 2.95. The van der Waals surface area contributed by atoms with Gasteiger partial charge in [-0.1, -0.05) is 26.7 Å². The molecule has 0 amide bonds. The van der Waals surface area contributed by atoms with Crippen LogP contribution in [0.1, 0.15) is 66.7 Å². The molecule has 1 rings (SSSR count). The topological polar surface area (TPSA) is 55.6 Å². The molecule has 2 atom stereocenters. The van der Waals surface area contributed by atoms with Gasteiger partial charge in [-0.25, -0.2) is 0 Å². The van der Waals surface area contributed by atoms with E-state index in [1.54, 1.807) is 6.92 Å². The summed E-state index contributed by atoms with van der Waals surface area (Å²) in [5.41, 5.74) is 5.80. The summed E-state index contributed by atoms with van der Waals surface area (Å²) in [4.78, 5) is 14.4. The molecule has 124 valence electrons. The van der Waals surface area contributed by atoms with Crippen molar-refractivity contribution in [3.05, 3.63) is 0 Å². The maximum Gasteiger partial charge on any atom is 0.325 e. The lowest BCUT2D eigenvalue weighted by atomic mass is 9.74.